The van der Waals surface area contributed by atoms with E-state index in [1.54, 1.807) is 36.4 Å². The van der Waals surface area contributed by atoms with Crippen LogP contribution in [-0.2, 0) is 0 Å². The lowest BCUT2D eigenvalue weighted by Gasteiger charge is -2.09. The van der Waals surface area contributed by atoms with Crippen LogP contribution in [0, 0.1) is 0 Å². The van der Waals surface area contributed by atoms with E-state index in [9.17, 15) is 14.7 Å². The molecule has 0 radical (unpaired) electrons. The van der Waals surface area contributed by atoms with Gasteiger partial charge >= 0.3 is 5.97 Å². The molecule has 0 heterocycles. The third kappa shape index (κ3) is 1.97. The lowest BCUT2D eigenvalue weighted by molar-refractivity contribution is 0.0693. The number of aromatic carboxylic acids is 1. The summed E-state index contributed by atoms with van der Waals surface area (Å²) >= 11 is 12.1. The number of benzene rings is 3. The number of carboxylic acid groups (broad SMARTS) is 1. The summed E-state index contributed by atoms with van der Waals surface area (Å²) in [4.78, 5) is 24.4. The maximum atomic E-state index is 12.7. The van der Waals surface area contributed by atoms with Crippen molar-refractivity contribution in [2.24, 2.45) is 0 Å². The lowest BCUT2D eigenvalue weighted by Crippen LogP contribution is -2.07. The van der Waals surface area contributed by atoms with Crippen molar-refractivity contribution >= 4 is 45.7 Å². The minimum absolute atomic E-state index is 0.00727. The van der Waals surface area contributed by atoms with Crippen LogP contribution in [0.3, 0.4) is 0 Å². The number of halogens is 2. The highest BCUT2D eigenvalue weighted by molar-refractivity contribution is 6.35. The van der Waals surface area contributed by atoms with Gasteiger partial charge in [-0.3, -0.25) is 4.79 Å². The number of carbonyl (C=O) groups excluding carboxylic acids is 1. The topological polar surface area (TPSA) is 54.4 Å². The molecular formula is C18H8Cl2O3. The van der Waals surface area contributed by atoms with Crippen LogP contribution in [0.4, 0.5) is 0 Å². The van der Waals surface area contributed by atoms with Gasteiger partial charge in [-0.2, -0.15) is 0 Å². The summed E-state index contributed by atoms with van der Waals surface area (Å²) in [5, 5.41) is 11.9. The average molecular weight is 343 g/mol. The van der Waals surface area contributed by atoms with E-state index in [2.05, 4.69) is 0 Å². The smallest absolute Gasteiger partial charge is 0.336 e. The van der Waals surface area contributed by atoms with E-state index < -0.39 is 5.97 Å². The van der Waals surface area contributed by atoms with Gasteiger partial charge in [0.05, 0.1) is 5.56 Å². The zero-order chi connectivity index (χ0) is 16.3. The van der Waals surface area contributed by atoms with Gasteiger partial charge < -0.3 is 5.11 Å². The van der Waals surface area contributed by atoms with Crippen LogP contribution in [0.15, 0.2) is 42.5 Å². The Kier molecular flexibility index (Phi) is 2.98. The van der Waals surface area contributed by atoms with Crippen molar-refractivity contribution < 1.29 is 14.7 Å². The zero-order valence-electron chi connectivity index (χ0n) is 11.6. The summed E-state index contributed by atoms with van der Waals surface area (Å²) in [6.45, 7) is 0. The Hall–Kier alpha value is -2.36. The highest BCUT2D eigenvalue weighted by Crippen LogP contribution is 2.44. The quantitative estimate of drug-likeness (QED) is 0.526. The second-order valence-corrected chi connectivity index (χ2v) is 6.24. The molecule has 0 amide bonds. The summed E-state index contributed by atoms with van der Waals surface area (Å²) in [7, 11) is 0. The largest absolute Gasteiger partial charge is 0.478 e. The van der Waals surface area contributed by atoms with Crippen LogP contribution in [0.25, 0.3) is 21.9 Å². The van der Waals surface area contributed by atoms with E-state index in [-0.39, 0.29) is 16.9 Å². The number of hydrogen-bond donors (Lipinski definition) is 1. The van der Waals surface area contributed by atoms with E-state index >= 15 is 0 Å². The molecule has 0 saturated carbocycles. The van der Waals surface area contributed by atoms with Crippen LogP contribution in [0.2, 0.25) is 10.0 Å². The molecular weight excluding hydrogens is 335 g/mol. The van der Waals surface area contributed by atoms with Crippen LogP contribution < -0.4 is 0 Å². The second kappa shape index (κ2) is 4.82. The number of carboxylic acids is 1. The molecule has 3 aromatic carbocycles. The number of fused-ring (bicyclic) bond motifs is 5. The molecule has 0 aliphatic heterocycles. The van der Waals surface area contributed by atoms with Gasteiger partial charge in [0, 0.05) is 26.7 Å². The summed E-state index contributed by atoms with van der Waals surface area (Å²) in [6, 6.07) is 11.7. The molecule has 5 heteroatoms. The Morgan fingerprint density at radius 2 is 1.57 bits per heavy atom. The Morgan fingerprint density at radius 3 is 2.30 bits per heavy atom. The third-order valence-corrected chi connectivity index (χ3v) is 4.53. The number of carbonyl (C=O) groups is 2. The van der Waals surface area contributed by atoms with Crippen molar-refractivity contribution in [1.82, 2.24) is 0 Å². The molecule has 112 valence electrons. The SMILES string of the molecule is O=C(O)c1cc2ccc(Cl)cc2c2c1C(=O)c1cc(Cl)ccc1-2. The minimum Gasteiger partial charge on any atom is -0.478 e. The summed E-state index contributed by atoms with van der Waals surface area (Å²) in [5.41, 5.74) is 1.91. The van der Waals surface area contributed by atoms with Crippen LogP contribution in [0.5, 0.6) is 0 Å². The Labute approximate surface area is 141 Å². The van der Waals surface area contributed by atoms with E-state index in [0.29, 0.717) is 26.7 Å². The summed E-state index contributed by atoms with van der Waals surface area (Å²) < 4.78 is 0. The monoisotopic (exact) mass is 342 g/mol. The molecule has 4 rings (SSSR count). The van der Waals surface area contributed by atoms with Crippen molar-refractivity contribution in [3.05, 3.63) is 69.2 Å². The predicted molar refractivity (Wildman–Crippen MR) is 89.8 cm³/mol. The number of rotatable bonds is 1. The summed E-state index contributed by atoms with van der Waals surface area (Å²) in [6.07, 6.45) is 0. The van der Waals surface area contributed by atoms with Crippen LogP contribution in [-0.4, -0.2) is 16.9 Å². The molecule has 0 unspecified atom stereocenters. The van der Waals surface area contributed by atoms with Gasteiger partial charge in [0.15, 0.2) is 5.78 Å². The van der Waals surface area contributed by atoms with E-state index in [1.807, 2.05) is 0 Å². The van der Waals surface area contributed by atoms with Gasteiger partial charge in [-0.15, -0.1) is 0 Å². The maximum absolute atomic E-state index is 12.7. The number of ketones is 1. The van der Waals surface area contributed by atoms with Crippen molar-refractivity contribution in [3.8, 4) is 11.1 Å². The molecule has 0 fully saturated rings. The predicted octanol–water partition coefficient (Wildman–Crippen LogP) is 5.06. The molecule has 1 aliphatic rings. The van der Waals surface area contributed by atoms with Gasteiger partial charge in [-0.25, -0.2) is 4.79 Å². The molecule has 0 spiro atoms. The van der Waals surface area contributed by atoms with Crippen molar-refractivity contribution in [3.63, 3.8) is 0 Å². The highest BCUT2D eigenvalue weighted by atomic mass is 35.5. The van der Waals surface area contributed by atoms with Crippen molar-refractivity contribution in [2.75, 3.05) is 0 Å². The molecule has 1 N–H and O–H groups in total. The van der Waals surface area contributed by atoms with Crippen LogP contribution in [0.1, 0.15) is 26.3 Å². The van der Waals surface area contributed by atoms with E-state index in [4.69, 9.17) is 23.2 Å². The minimum atomic E-state index is -1.13. The van der Waals surface area contributed by atoms with Gasteiger partial charge in [0.25, 0.3) is 0 Å². The molecule has 1 aliphatic carbocycles. The van der Waals surface area contributed by atoms with E-state index in [1.165, 1.54) is 6.07 Å². The molecule has 3 aromatic rings. The van der Waals surface area contributed by atoms with Gasteiger partial charge in [-0.1, -0.05) is 35.3 Å². The Balaban J connectivity index is 2.23. The first kappa shape index (κ1) is 14.2. The molecule has 3 nitrogen and oxygen atoms in total. The molecule has 0 saturated heterocycles. The molecule has 23 heavy (non-hydrogen) atoms. The standard InChI is InChI=1S/C18H8Cl2O3/c19-9-2-1-8-5-14(18(22)23)16-15(12(8)6-9)11-4-3-10(20)7-13(11)17(16)21/h1-7H,(H,22,23). The fourth-order valence-electron chi connectivity index (χ4n) is 3.11. The van der Waals surface area contributed by atoms with Crippen LogP contribution >= 0.6 is 23.2 Å². The lowest BCUT2D eigenvalue weighted by atomic mass is 9.94. The molecule has 0 bridgehead atoms. The normalized spacial score (nSPS) is 12.3. The Morgan fingerprint density at radius 1 is 0.870 bits per heavy atom. The molecule has 0 aromatic heterocycles. The number of hydrogen-bond acceptors (Lipinski definition) is 2. The first-order chi connectivity index (χ1) is 11.0. The van der Waals surface area contributed by atoms with Crippen molar-refractivity contribution in [1.29, 1.82) is 0 Å². The first-order valence-corrected chi connectivity index (χ1v) is 7.57. The Bertz CT molecular complexity index is 1040. The van der Waals surface area contributed by atoms with Gasteiger partial charge in [0.2, 0.25) is 0 Å². The zero-order valence-corrected chi connectivity index (χ0v) is 13.1. The fourth-order valence-corrected chi connectivity index (χ4v) is 3.45. The average Bonchev–Trinajstić information content (AvgIpc) is 2.80. The fraction of sp³-hybridized carbons (Fsp3) is 0. The third-order valence-electron chi connectivity index (χ3n) is 4.06. The van der Waals surface area contributed by atoms with Gasteiger partial charge in [0.1, 0.15) is 0 Å². The maximum Gasteiger partial charge on any atom is 0.336 e. The van der Waals surface area contributed by atoms with E-state index in [0.717, 1.165) is 10.8 Å². The van der Waals surface area contributed by atoms with Gasteiger partial charge in [-0.05, 0) is 46.7 Å². The van der Waals surface area contributed by atoms with Crippen molar-refractivity contribution in [2.45, 2.75) is 0 Å². The first-order valence-electron chi connectivity index (χ1n) is 6.81. The molecule has 0 atom stereocenters. The second-order valence-electron chi connectivity index (χ2n) is 5.36. The highest BCUT2D eigenvalue weighted by Gasteiger charge is 2.33. The summed E-state index contributed by atoms with van der Waals surface area (Å²) in [5.74, 6) is -1.46.